The number of amides is 1. The molecule has 2 saturated heterocycles. The summed E-state index contributed by atoms with van der Waals surface area (Å²) in [6.45, 7) is 2.23. The van der Waals surface area contributed by atoms with E-state index in [0.717, 1.165) is 37.9 Å². The number of piperidine rings is 1. The van der Waals surface area contributed by atoms with E-state index in [1.54, 1.807) is 0 Å². The van der Waals surface area contributed by atoms with Gasteiger partial charge in [-0.15, -0.1) is 0 Å². The van der Waals surface area contributed by atoms with Crippen LogP contribution in [-0.2, 0) is 11.2 Å². The van der Waals surface area contributed by atoms with Gasteiger partial charge in [-0.2, -0.15) is 5.53 Å². The average Bonchev–Trinajstić information content (AvgIpc) is 3.03. The zero-order valence-electron chi connectivity index (χ0n) is 11.9. The number of rotatable bonds is 3. The average molecular weight is 292 g/mol. The van der Waals surface area contributed by atoms with Gasteiger partial charge in [0.1, 0.15) is 11.9 Å². The van der Waals surface area contributed by atoms with E-state index in [2.05, 4.69) is 16.4 Å². The van der Waals surface area contributed by atoms with E-state index in [-0.39, 0.29) is 17.8 Å². The van der Waals surface area contributed by atoms with Crippen molar-refractivity contribution in [3.8, 4) is 0 Å². The molecule has 21 heavy (non-hydrogen) atoms. The Labute approximate surface area is 123 Å². The van der Waals surface area contributed by atoms with E-state index >= 15 is 0 Å². The molecule has 1 amide bonds. The Kier molecular flexibility index (Phi) is 4.48. The Morgan fingerprint density at radius 2 is 2.14 bits per heavy atom. The summed E-state index contributed by atoms with van der Waals surface area (Å²) in [5, 5.41) is 0. The van der Waals surface area contributed by atoms with E-state index in [4.69, 9.17) is 0 Å². The summed E-state index contributed by atoms with van der Waals surface area (Å²) in [4.78, 5) is 14.3. The molecule has 6 heteroatoms. The maximum Gasteiger partial charge on any atom is 0.242 e. The fraction of sp³-hybridized carbons (Fsp3) is 0.533. The van der Waals surface area contributed by atoms with Crippen molar-refractivity contribution in [2.24, 2.45) is 5.92 Å². The molecule has 2 atom stereocenters. The van der Waals surface area contributed by atoms with Gasteiger partial charge in [0.2, 0.25) is 5.91 Å². The van der Waals surface area contributed by atoms with Gasteiger partial charge >= 0.3 is 0 Å². The largest absolute Gasteiger partial charge is 0.341 e. The normalized spacial score (nSPS) is 26.0. The highest BCUT2D eigenvalue weighted by molar-refractivity contribution is 5.82. The zero-order chi connectivity index (χ0) is 14.7. The van der Waals surface area contributed by atoms with Gasteiger partial charge in [0.15, 0.2) is 0 Å². The number of carbonyl (C=O) groups excluding carboxylic acids is 1. The molecule has 114 valence electrons. The van der Waals surface area contributed by atoms with Crippen LogP contribution in [0.4, 0.5) is 4.39 Å². The second kappa shape index (κ2) is 6.51. The van der Waals surface area contributed by atoms with E-state index in [1.807, 2.05) is 17.0 Å². The number of hydrazine groups is 2. The van der Waals surface area contributed by atoms with Crippen LogP contribution in [0.15, 0.2) is 24.3 Å². The monoisotopic (exact) mass is 292 g/mol. The van der Waals surface area contributed by atoms with Crippen molar-refractivity contribution in [2.45, 2.75) is 25.3 Å². The SMILES string of the molecule is O=C(C1CNNN1)N1CCCC(Cc2ccc(F)cc2)C1. The molecule has 3 rings (SSSR count). The van der Waals surface area contributed by atoms with E-state index < -0.39 is 0 Å². The fourth-order valence-corrected chi connectivity index (χ4v) is 3.10. The molecule has 0 bridgehead atoms. The van der Waals surface area contributed by atoms with Gasteiger partial charge in [-0.05, 0) is 42.9 Å². The fourth-order valence-electron chi connectivity index (χ4n) is 3.10. The highest BCUT2D eigenvalue weighted by Crippen LogP contribution is 2.21. The van der Waals surface area contributed by atoms with Crippen molar-refractivity contribution >= 4 is 5.91 Å². The first-order valence-corrected chi connectivity index (χ1v) is 7.49. The predicted octanol–water partition coefficient (Wildman–Crippen LogP) is 0.588. The Bertz CT molecular complexity index is 487. The summed E-state index contributed by atoms with van der Waals surface area (Å²) in [5.74, 6) is 0.401. The number of nitrogens with one attached hydrogen (secondary N) is 3. The highest BCUT2D eigenvalue weighted by Gasteiger charge is 2.30. The minimum atomic E-state index is -0.202. The lowest BCUT2D eigenvalue weighted by Gasteiger charge is -2.34. The maximum atomic E-state index is 12.9. The van der Waals surface area contributed by atoms with Gasteiger partial charge in [0.05, 0.1) is 0 Å². The molecular formula is C15H21FN4O. The Hall–Kier alpha value is -1.50. The molecule has 0 saturated carbocycles. The second-order valence-corrected chi connectivity index (χ2v) is 5.83. The molecule has 2 fully saturated rings. The molecule has 1 aromatic carbocycles. The van der Waals surface area contributed by atoms with Crippen molar-refractivity contribution in [3.63, 3.8) is 0 Å². The highest BCUT2D eigenvalue weighted by atomic mass is 19.1. The van der Waals surface area contributed by atoms with Crippen molar-refractivity contribution < 1.29 is 9.18 Å². The molecule has 5 nitrogen and oxygen atoms in total. The van der Waals surface area contributed by atoms with Gasteiger partial charge in [0, 0.05) is 19.6 Å². The molecule has 0 aliphatic carbocycles. The first-order valence-electron chi connectivity index (χ1n) is 7.49. The smallest absolute Gasteiger partial charge is 0.242 e. The lowest BCUT2D eigenvalue weighted by Crippen LogP contribution is -2.50. The number of hydrogen-bond donors (Lipinski definition) is 3. The van der Waals surface area contributed by atoms with Crippen LogP contribution >= 0.6 is 0 Å². The summed E-state index contributed by atoms with van der Waals surface area (Å²) < 4.78 is 12.9. The summed E-state index contributed by atoms with van der Waals surface area (Å²) >= 11 is 0. The lowest BCUT2D eigenvalue weighted by molar-refractivity contribution is -0.134. The van der Waals surface area contributed by atoms with Gasteiger partial charge in [0.25, 0.3) is 0 Å². The van der Waals surface area contributed by atoms with Crippen molar-refractivity contribution in [3.05, 3.63) is 35.6 Å². The minimum absolute atomic E-state index is 0.149. The first-order chi connectivity index (χ1) is 10.2. The topological polar surface area (TPSA) is 56.4 Å². The zero-order valence-corrected chi connectivity index (χ0v) is 11.9. The molecule has 0 aromatic heterocycles. The Balaban J connectivity index is 1.57. The number of halogens is 1. The van der Waals surface area contributed by atoms with Crippen LogP contribution in [0, 0.1) is 11.7 Å². The molecular weight excluding hydrogens is 271 g/mol. The van der Waals surface area contributed by atoms with Crippen LogP contribution in [0.3, 0.4) is 0 Å². The van der Waals surface area contributed by atoms with Crippen LogP contribution in [0.5, 0.6) is 0 Å². The number of hydrogen-bond acceptors (Lipinski definition) is 4. The van der Waals surface area contributed by atoms with E-state index in [0.29, 0.717) is 12.5 Å². The molecule has 2 unspecified atom stereocenters. The van der Waals surface area contributed by atoms with Gasteiger partial charge in [-0.25, -0.2) is 15.2 Å². The number of carbonyl (C=O) groups is 1. The number of likely N-dealkylation sites (tertiary alicyclic amines) is 1. The molecule has 3 N–H and O–H groups in total. The maximum absolute atomic E-state index is 12.9. The van der Waals surface area contributed by atoms with Gasteiger partial charge in [-0.3, -0.25) is 4.79 Å². The molecule has 1 aromatic rings. The molecule has 2 heterocycles. The first kappa shape index (κ1) is 14.4. The summed E-state index contributed by atoms with van der Waals surface area (Å²) in [5.41, 5.74) is 9.74. The van der Waals surface area contributed by atoms with Crippen molar-refractivity contribution in [1.29, 1.82) is 0 Å². The summed E-state index contributed by atoms with van der Waals surface area (Å²) in [6, 6.07) is 6.49. The minimum Gasteiger partial charge on any atom is -0.341 e. The van der Waals surface area contributed by atoms with Crippen LogP contribution in [0.25, 0.3) is 0 Å². The van der Waals surface area contributed by atoms with E-state index in [9.17, 15) is 9.18 Å². The number of nitrogens with zero attached hydrogens (tertiary/aromatic N) is 1. The lowest BCUT2D eigenvalue weighted by atomic mass is 9.91. The molecule has 0 radical (unpaired) electrons. The van der Waals surface area contributed by atoms with Crippen LogP contribution < -0.4 is 16.4 Å². The Morgan fingerprint density at radius 3 is 2.86 bits per heavy atom. The van der Waals surface area contributed by atoms with Crippen LogP contribution in [-0.4, -0.2) is 36.5 Å². The van der Waals surface area contributed by atoms with Crippen LogP contribution in [0.2, 0.25) is 0 Å². The molecule has 2 aliphatic rings. The molecule has 2 aliphatic heterocycles. The van der Waals surface area contributed by atoms with Crippen molar-refractivity contribution in [1.82, 2.24) is 21.3 Å². The standard InChI is InChI=1S/C15H21FN4O/c16-13-5-3-11(4-6-13)8-12-2-1-7-20(10-12)15(21)14-9-17-19-18-14/h3-6,12,14,17-19H,1-2,7-10H2. The second-order valence-electron chi connectivity index (χ2n) is 5.83. The molecule has 0 spiro atoms. The summed E-state index contributed by atoms with van der Waals surface area (Å²) in [6.07, 6.45) is 3.06. The Morgan fingerprint density at radius 1 is 1.33 bits per heavy atom. The third kappa shape index (κ3) is 3.58. The van der Waals surface area contributed by atoms with Crippen molar-refractivity contribution in [2.75, 3.05) is 19.6 Å². The third-order valence-corrected chi connectivity index (χ3v) is 4.21. The van der Waals surface area contributed by atoms with Crippen LogP contribution in [0.1, 0.15) is 18.4 Å². The number of benzene rings is 1. The predicted molar refractivity (Wildman–Crippen MR) is 77.5 cm³/mol. The van der Waals surface area contributed by atoms with E-state index in [1.165, 1.54) is 12.1 Å². The third-order valence-electron chi connectivity index (χ3n) is 4.21. The van der Waals surface area contributed by atoms with Gasteiger partial charge in [-0.1, -0.05) is 12.1 Å². The van der Waals surface area contributed by atoms with Gasteiger partial charge < -0.3 is 4.90 Å². The summed E-state index contributed by atoms with van der Waals surface area (Å²) in [7, 11) is 0. The quantitative estimate of drug-likeness (QED) is 0.763.